The summed E-state index contributed by atoms with van der Waals surface area (Å²) in [6.07, 6.45) is 9.06. The molecule has 0 unspecified atom stereocenters. The van der Waals surface area contributed by atoms with Gasteiger partial charge in [0.05, 0.1) is 6.61 Å². The Hall–Kier alpha value is -1.96. The summed E-state index contributed by atoms with van der Waals surface area (Å²) in [5.74, 6) is 2.10. The highest BCUT2D eigenvalue weighted by Gasteiger charge is 2.12. The molecule has 92 valence electrons. The van der Waals surface area contributed by atoms with Gasteiger partial charge in [-0.2, -0.15) is 4.98 Å². The molecule has 0 saturated carbocycles. The Balaban J connectivity index is 2.31. The van der Waals surface area contributed by atoms with Crippen LogP contribution in [0.15, 0.2) is 10.7 Å². The number of aromatic nitrogens is 1. The second-order valence-electron chi connectivity index (χ2n) is 3.35. The minimum absolute atomic E-state index is 0.179. The lowest BCUT2D eigenvalue weighted by molar-refractivity contribution is 0.0519. The first-order valence-corrected chi connectivity index (χ1v) is 5.58. The van der Waals surface area contributed by atoms with E-state index in [1.54, 1.807) is 6.92 Å². The normalized spacial score (nSPS) is 9.65. The van der Waals surface area contributed by atoms with Gasteiger partial charge in [-0.15, -0.1) is 12.3 Å². The summed E-state index contributed by atoms with van der Waals surface area (Å²) in [4.78, 5) is 15.2. The van der Waals surface area contributed by atoms with Crippen LogP contribution in [0.25, 0.3) is 0 Å². The number of hydrogen-bond acceptors (Lipinski definition) is 5. The number of oxazole rings is 1. The van der Waals surface area contributed by atoms with Gasteiger partial charge in [0.2, 0.25) is 0 Å². The number of hydrogen-bond donors (Lipinski definition) is 1. The maximum atomic E-state index is 11.3. The molecule has 5 nitrogen and oxygen atoms in total. The molecule has 17 heavy (non-hydrogen) atoms. The lowest BCUT2D eigenvalue weighted by Crippen LogP contribution is -2.06. The fourth-order valence-electron chi connectivity index (χ4n) is 1.20. The van der Waals surface area contributed by atoms with E-state index < -0.39 is 5.97 Å². The van der Waals surface area contributed by atoms with E-state index >= 15 is 0 Å². The Morgan fingerprint density at radius 2 is 2.47 bits per heavy atom. The summed E-state index contributed by atoms with van der Waals surface area (Å²) in [6.45, 7) is 2.77. The number of nitrogens with one attached hydrogen (secondary N) is 1. The van der Waals surface area contributed by atoms with Gasteiger partial charge >= 0.3 is 5.97 Å². The van der Waals surface area contributed by atoms with Crippen LogP contribution in [0.4, 0.5) is 6.01 Å². The van der Waals surface area contributed by atoms with Crippen molar-refractivity contribution in [3.05, 3.63) is 12.0 Å². The van der Waals surface area contributed by atoms with Crippen LogP contribution in [0, 0.1) is 12.3 Å². The predicted octanol–water partition coefficient (Wildman–Crippen LogP) is 2.07. The molecular weight excluding hydrogens is 220 g/mol. The summed E-state index contributed by atoms with van der Waals surface area (Å²) in [6, 6.07) is 0.328. The smallest absolute Gasteiger partial charge is 0.360 e. The van der Waals surface area contributed by atoms with Crippen molar-refractivity contribution >= 4 is 12.0 Å². The van der Waals surface area contributed by atoms with E-state index in [9.17, 15) is 4.79 Å². The van der Waals surface area contributed by atoms with Gasteiger partial charge in [-0.3, -0.25) is 0 Å². The Kier molecular flexibility index (Phi) is 5.66. The van der Waals surface area contributed by atoms with E-state index in [4.69, 9.17) is 15.6 Å². The number of ether oxygens (including phenoxy) is 1. The number of terminal acetylenes is 1. The molecule has 0 spiro atoms. The van der Waals surface area contributed by atoms with Gasteiger partial charge in [0.1, 0.15) is 6.26 Å². The maximum Gasteiger partial charge on any atom is 0.360 e. The minimum atomic E-state index is -0.475. The molecule has 0 aliphatic rings. The van der Waals surface area contributed by atoms with Gasteiger partial charge in [-0.05, 0) is 19.8 Å². The summed E-state index contributed by atoms with van der Waals surface area (Å²) >= 11 is 0. The van der Waals surface area contributed by atoms with E-state index in [-0.39, 0.29) is 5.69 Å². The van der Waals surface area contributed by atoms with Crippen LogP contribution in [0.3, 0.4) is 0 Å². The van der Waals surface area contributed by atoms with Crippen LogP contribution < -0.4 is 5.32 Å². The van der Waals surface area contributed by atoms with E-state index in [1.165, 1.54) is 6.26 Å². The van der Waals surface area contributed by atoms with Gasteiger partial charge in [0.15, 0.2) is 5.69 Å². The Morgan fingerprint density at radius 1 is 1.65 bits per heavy atom. The third-order valence-corrected chi connectivity index (χ3v) is 2.01. The van der Waals surface area contributed by atoms with E-state index in [2.05, 4.69) is 16.2 Å². The van der Waals surface area contributed by atoms with Crippen molar-refractivity contribution in [2.75, 3.05) is 18.5 Å². The largest absolute Gasteiger partial charge is 0.461 e. The molecule has 0 aliphatic carbocycles. The number of anilines is 1. The van der Waals surface area contributed by atoms with Gasteiger partial charge in [0.25, 0.3) is 6.01 Å². The van der Waals surface area contributed by atoms with Crippen molar-refractivity contribution in [2.45, 2.75) is 26.2 Å². The molecule has 0 bridgehead atoms. The summed E-state index contributed by atoms with van der Waals surface area (Å²) in [5.41, 5.74) is 0.179. The first kappa shape index (κ1) is 13.1. The van der Waals surface area contributed by atoms with Crippen molar-refractivity contribution in [3.8, 4) is 12.3 Å². The molecule has 0 fully saturated rings. The molecule has 1 heterocycles. The molecule has 1 N–H and O–H groups in total. The van der Waals surface area contributed by atoms with Gasteiger partial charge < -0.3 is 14.5 Å². The highest BCUT2D eigenvalue weighted by Crippen LogP contribution is 2.08. The molecule has 0 aromatic carbocycles. The summed E-state index contributed by atoms with van der Waals surface area (Å²) < 4.78 is 9.86. The molecule has 5 heteroatoms. The monoisotopic (exact) mass is 236 g/mol. The third-order valence-electron chi connectivity index (χ3n) is 2.01. The molecule has 1 aromatic heterocycles. The number of nitrogens with zero attached hydrogens (tertiary/aromatic N) is 1. The molecule has 1 rings (SSSR count). The molecular formula is C12H16N2O3. The number of carbonyl (C=O) groups is 1. The number of unbranched alkanes of at least 4 members (excludes halogenated alkanes) is 2. The lowest BCUT2D eigenvalue weighted by atomic mass is 10.2. The molecule has 0 radical (unpaired) electrons. The second kappa shape index (κ2) is 7.34. The van der Waals surface area contributed by atoms with Crippen LogP contribution in [0.2, 0.25) is 0 Å². The van der Waals surface area contributed by atoms with Gasteiger partial charge in [-0.25, -0.2) is 4.79 Å². The first-order valence-electron chi connectivity index (χ1n) is 5.58. The van der Waals surface area contributed by atoms with Crippen molar-refractivity contribution in [2.24, 2.45) is 0 Å². The van der Waals surface area contributed by atoms with Crippen molar-refractivity contribution in [1.29, 1.82) is 0 Å². The first-order chi connectivity index (χ1) is 8.27. The molecule has 0 atom stereocenters. The zero-order valence-corrected chi connectivity index (χ0v) is 9.86. The third kappa shape index (κ3) is 4.60. The Bertz CT molecular complexity index is 393. The second-order valence-corrected chi connectivity index (χ2v) is 3.35. The maximum absolute atomic E-state index is 11.3. The van der Waals surface area contributed by atoms with E-state index in [0.717, 1.165) is 19.3 Å². The van der Waals surface area contributed by atoms with Gasteiger partial charge in [-0.1, -0.05) is 0 Å². The number of rotatable bonds is 7. The molecule has 0 saturated heterocycles. The van der Waals surface area contributed by atoms with Crippen molar-refractivity contribution in [3.63, 3.8) is 0 Å². The van der Waals surface area contributed by atoms with Crippen molar-refractivity contribution < 1.29 is 13.9 Å². The highest BCUT2D eigenvalue weighted by molar-refractivity contribution is 5.87. The van der Waals surface area contributed by atoms with E-state index in [1.807, 2.05) is 0 Å². The Labute approximate surface area is 101 Å². The quantitative estimate of drug-likeness (QED) is 0.446. The molecule has 1 aromatic rings. The zero-order chi connectivity index (χ0) is 12.5. The lowest BCUT2D eigenvalue weighted by Gasteiger charge is -1.99. The van der Waals surface area contributed by atoms with E-state index in [0.29, 0.717) is 19.2 Å². The van der Waals surface area contributed by atoms with Crippen LogP contribution in [-0.4, -0.2) is 24.1 Å². The topological polar surface area (TPSA) is 64.4 Å². The van der Waals surface area contributed by atoms with Crippen molar-refractivity contribution in [1.82, 2.24) is 4.98 Å². The Morgan fingerprint density at radius 3 is 3.18 bits per heavy atom. The predicted molar refractivity (Wildman–Crippen MR) is 63.6 cm³/mol. The fourth-order valence-corrected chi connectivity index (χ4v) is 1.20. The van der Waals surface area contributed by atoms with Crippen LogP contribution >= 0.6 is 0 Å². The number of carbonyl (C=O) groups excluding carboxylic acids is 1. The summed E-state index contributed by atoms with van der Waals surface area (Å²) in [7, 11) is 0. The molecule has 0 amide bonds. The highest BCUT2D eigenvalue weighted by atomic mass is 16.5. The standard InChI is InChI=1S/C12H16N2O3/c1-3-5-6-7-8-13-12-14-10(9-17-12)11(15)16-4-2/h1,9H,4-8H2,2H3,(H,13,14). The average molecular weight is 236 g/mol. The zero-order valence-electron chi connectivity index (χ0n) is 9.86. The fraction of sp³-hybridized carbons (Fsp3) is 0.500. The molecule has 0 aliphatic heterocycles. The number of esters is 1. The van der Waals surface area contributed by atoms with Crippen LogP contribution in [0.1, 0.15) is 36.7 Å². The van der Waals surface area contributed by atoms with Crippen LogP contribution in [0.5, 0.6) is 0 Å². The van der Waals surface area contributed by atoms with Gasteiger partial charge in [0, 0.05) is 13.0 Å². The average Bonchev–Trinajstić information content (AvgIpc) is 2.78. The minimum Gasteiger partial charge on any atom is -0.461 e. The summed E-state index contributed by atoms with van der Waals surface area (Å²) in [5, 5.41) is 2.97. The van der Waals surface area contributed by atoms with Crippen LogP contribution in [-0.2, 0) is 4.74 Å². The SMILES string of the molecule is C#CCCCCNc1nc(C(=O)OCC)co1.